The summed E-state index contributed by atoms with van der Waals surface area (Å²) in [6.07, 6.45) is 1.94. The minimum absolute atomic E-state index is 0.00846. The molecule has 1 atom stereocenters. The Bertz CT molecular complexity index is 564. The van der Waals surface area contributed by atoms with Crippen molar-refractivity contribution in [3.8, 4) is 0 Å². The Balaban J connectivity index is 1.62. The first-order chi connectivity index (χ1) is 10.9. The van der Waals surface area contributed by atoms with Gasteiger partial charge in [-0.2, -0.15) is 5.10 Å². The minimum Gasteiger partial charge on any atom is -0.381 e. The number of ether oxygens (including phenoxy) is 1. The smallest absolute Gasteiger partial charge is 0.274 e. The molecule has 0 radical (unpaired) electrons. The zero-order valence-electron chi connectivity index (χ0n) is 13.6. The second-order valence-corrected chi connectivity index (χ2v) is 6.73. The SMILES string of the molecule is Cc1cc(C(=O)N2CCC(F)(F)C(COCC3CC3)C2)nn1C. The summed E-state index contributed by atoms with van der Waals surface area (Å²) in [6.45, 7) is 2.49. The van der Waals surface area contributed by atoms with Crippen LogP contribution >= 0.6 is 0 Å². The maximum absolute atomic E-state index is 14.1. The average Bonchev–Trinajstić information content (AvgIpc) is 3.25. The fourth-order valence-electron chi connectivity index (χ4n) is 2.83. The molecule has 128 valence electrons. The first-order valence-corrected chi connectivity index (χ1v) is 8.12. The van der Waals surface area contributed by atoms with Crippen LogP contribution in [0.4, 0.5) is 8.78 Å². The van der Waals surface area contributed by atoms with Gasteiger partial charge in [0.15, 0.2) is 5.69 Å². The van der Waals surface area contributed by atoms with Gasteiger partial charge < -0.3 is 9.64 Å². The van der Waals surface area contributed by atoms with Gasteiger partial charge in [-0.05, 0) is 31.7 Å². The number of rotatable bonds is 5. The summed E-state index contributed by atoms with van der Waals surface area (Å²) in [5, 5.41) is 4.15. The number of carbonyl (C=O) groups is 1. The van der Waals surface area contributed by atoms with E-state index in [4.69, 9.17) is 4.74 Å². The molecule has 1 aromatic heterocycles. The molecule has 1 aliphatic carbocycles. The van der Waals surface area contributed by atoms with Crippen LogP contribution in [-0.4, -0.2) is 52.8 Å². The zero-order chi connectivity index (χ0) is 16.6. The lowest BCUT2D eigenvalue weighted by Crippen LogP contribution is -2.51. The predicted octanol–water partition coefficient (Wildman–Crippen LogP) is 2.25. The summed E-state index contributed by atoms with van der Waals surface area (Å²) in [5.74, 6) is -3.46. The third-order valence-electron chi connectivity index (χ3n) is 4.74. The molecule has 3 rings (SSSR count). The number of amides is 1. The number of nitrogens with zero attached hydrogens (tertiary/aromatic N) is 3. The number of likely N-dealkylation sites (tertiary alicyclic amines) is 1. The number of piperidine rings is 1. The summed E-state index contributed by atoms with van der Waals surface area (Å²) in [4.78, 5) is 14.0. The van der Waals surface area contributed by atoms with E-state index in [1.807, 2.05) is 6.92 Å². The minimum atomic E-state index is -2.78. The topological polar surface area (TPSA) is 47.4 Å². The molecule has 1 aliphatic heterocycles. The Morgan fingerprint density at radius 2 is 2.17 bits per heavy atom. The van der Waals surface area contributed by atoms with Crippen LogP contribution in [0.5, 0.6) is 0 Å². The fraction of sp³-hybridized carbons (Fsp3) is 0.750. The van der Waals surface area contributed by atoms with Crippen molar-refractivity contribution in [3.63, 3.8) is 0 Å². The molecule has 2 heterocycles. The second kappa shape index (κ2) is 6.19. The lowest BCUT2D eigenvalue weighted by atomic mass is 9.94. The highest BCUT2D eigenvalue weighted by Crippen LogP contribution is 2.35. The Hall–Kier alpha value is -1.50. The van der Waals surface area contributed by atoms with E-state index >= 15 is 0 Å². The third-order valence-corrected chi connectivity index (χ3v) is 4.74. The van der Waals surface area contributed by atoms with Crippen molar-refractivity contribution in [2.45, 2.75) is 32.1 Å². The maximum atomic E-state index is 14.1. The van der Waals surface area contributed by atoms with Crippen LogP contribution in [-0.2, 0) is 11.8 Å². The molecule has 23 heavy (non-hydrogen) atoms. The van der Waals surface area contributed by atoms with Gasteiger partial charge >= 0.3 is 0 Å². The average molecular weight is 327 g/mol. The van der Waals surface area contributed by atoms with Gasteiger partial charge in [-0.25, -0.2) is 8.78 Å². The molecule has 0 aromatic carbocycles. The van der Waals surface area contributed by atoms with E-state index in [9.17, 15) is 13.6 Å². The summed E-state index contributed by atoms with van der Waals surface area (Å²) < 4.78 is 35.2. The highest BCUT2D eigenvalue weighted by molar-refractivity contribution is 5.92. The number of halogens is 2. The fourth-order valence-corrected chi connectivity index (χ4v) is 2.83. The highest BCUT2D eigenvalue weighted by atomic mass is 19.3. The Morgan fingerprint density at radius 3 is 2.78 bits per heavy atom. The molecule has 1 aromatic rings. The van der Waals surface area contributed by atoms with E-state index in [1.54, 1.807) is 17.8 Å². The molecule has 1 amide bonds. The normalized spacial score (nSPS) is 24.0. The molecule has 2 aliphatic rings. The molecule has 0 N–H and O–H groups in total. The van der Waals surface area contributed by atoms with Crippen LogP contribution in [0.2, 0.25) is 0 Å². The van der Waals surface area contributed by atoms with Crippen LogP contribution in [0.1, 0.15) is 35.4 Å². The molecule has 7 heteroatoms. The van der Waals surface area contributed by atoms with Gasteiger partial charge in [0.2, 0.25) is 0 Å². The third kappa shape index (κ3) is 3.71. The van der Waals surface area contributed by atoms with Crippen molar-refractivity contribution in [2.24, 2.45) is 18.9 Å². The quantitative estimate of drug-likeness (QED) is 0.833. The zero-order valence-corrected chi connectivity index (χ0v) is 13.6. The summed E-state index contributed by atoms with van der Waals surface area (Å²) in [5.41, 5.74) is 1.17. The molecule has 1 saturated heterocycles. The van der Waals surface area contributed by atoms with Gasteiger partial charge in [0, 0.05) is 38.9 Å². The molecule has 1 saturated carbocycles. The Morgan fingerprint density at radius 1 is 1.43 bits per heavy atom. The van der Waals surface area contributed by atoms with Crippen LogP contribution in [0, 0.1) is 18.8 Å². The number of alkyl halides is 2. The van der Waals surface area contributed by atoms with E-state index in [-0.39, 0.29) is 32.0 Å². The van der Waals surface area contributed by atoms with E-state index < -0.39 is 11.8 Å². The Kier molecular flexibility index (Phi) is 4.40. The van der Waals surface area contributed by atoms with E-state index in [0.29, 0.717) is 18.2 Å². The van der Waals surface area contributed by atoms with E-state index in [2.05, 4.69) is 5.10 Å². The van der Waals surface area contributed by atoms with Crippen LogP contribution in [0.3, 0.4) is 0 Å². The lowest BCUT2D eigenvalue weighted by molar-refractivity contribution is -0.122. The standard InChI is InChI=1S/C16H23F2N3O2/c1-11-7-14(19-20(11)2)15(22)21-6-5-16(17,18)13(8-21)10-23-9-12-3-4-12/h7,12-13H,3-6,8-10H2,1-2H3. The van der Waals surface area contributed by atoms with Gasteiger partial charge in [0.1, 0.15) is 0 Å². The predicted molar refractivity (Wildman–Crippen MR) is 80.4 cm³/mol. The van der Waals surface area contributed by atoms with Crippen LogP contribution in [0.25, 0.3) is 0 Å². The summed E-state index contributed by atoms with van der Waals surface area (Å²) >= 11 is 0. The van der Waals surface area contributed by atoms with Crippen molar-refractivity contribution in [3.05, 3.63) is 17.5 Å². The van der Waals surface area contributed by atoms with Gasteiger partial charge in [-0.1, -0.05) is 0 Å². The first kappa shape index (κ1) is 16.4. The van der Waals surface area contributed by atoms with Crippen LogP contribution in [0.15, 0.2) is 6.07 Å². The van der Waals surface area contributed by atoms with Gasteiger partial charge in [-0.3, -0.25) is 9.48 Å². The van der Waals surface area contributed by atoms with Gasteiger partial charge in [0.25, 0.3) is 11.8 Å². The summed E-state index contributed by atoms with van der Waals surface area (Å²) in [7, 11) is 1.75. The van der Waals surface area contributed by atoms with E-state index in [1.165, 1.54) is 4.90 Å². The molecule has 2 fully saturated rings. The number of carbonyl (C=O) groups excluding carboxylic acids is 1. The molecule has 5 nitrogen and oxygen atoms in total. The Labute approximate surface area is 134 Å². The largest absolute Gasteiger partial charge is 0.381 e. The van der Waals surface area contributed by atoms with Gasteiger partial charge in [-0.15, -0.1) is 0 Å². The highest BCUT2D eigenvalue weighted by Gasteiger charge is 2.45. The maximum Gasteiger partial charge on any atom is 0.274 e. The molecule has 0 bridgehead atoms. The van der Waals surface area contributed by atoms with Crippen molar-refractivity contribution in [1.29, 1.82) is 0 Å². The number of hydrogen-bond acceptors (Lipinski definition) is 3. The van der Waals surface area contributed by atoms with Crippen molar-refractivity contribution < 1.29 is 18.3 Å². The number of aryl methyl sites for hydroxylation is 2. The summed E-state index contributed by atoms with van der Waals surface area (Å²) in [6, 6.07) is 1.69. The molecular weight excluding hydrogens is 304 g/mol. The molecule has 1 unspecified atom stereocenters. The number of hydrogen-bond donors (Lipinski definition) is 0. The molecular formula is C16H23F2N3O2. The second-order valence-electron chi connectivity index (χ2n) is 6.73. The molecule has 0 spiro atoms. The van der Waals surface area contributed by atoms with Crippen molar-refractivity contribution in [2.75, 3.05) is 26.3 Å². The van der Waals surface area contributed by atoms with Crippen LogP contribution < -0.4 is 0 Å². The lowest BCUT2D eigenvalue weighted by Gasteiger charge is -2.38. The van der Waals surface area contributed by atoms with E-state index in [0.717, 1.165) is 18.5 Å². The van der Waals surface area contributed by atoms with Crippen molar-refractivity contribution in [1.82, 2.24) is 14.7 Å². The number of aromatic nitrogens is 2. The van der Waals surface area contributed by atoms with Gasteiger partial charge in [0.05, 0.1) is 12.5 Å². The van der Waals surface area contributed by atoms with Crippen molar-refractivity contribution >= 4 is 5.91 Å². The first-order valence-electron chi connectivity index (χ1n) is 8.12. The monoisotopic (exact) mass is 327 g/mol.